The summed E-state index contributed by atoms with van der Waals surface area (Å²) < 4.78 is 5.41. The molecule has 0 aromatic heterocycles. The second-order valence-electron chi connectivity index (χ2n) is 3.14. The highest BCUT2D eigenvalue weighted by atomic mass is 16.5. The molecule has 1 aliphatic rings. The van der Waals surface area contributed by atoms with E-state index in [2.05, 4.69) is 30.4 Å². The summed E-state index contributed by atoms with van der Waals surface area (Å²) in [6.07, 6.45) is 0. The SMILES string of the molecule is Cc1ccc2c(c1)COCCN2. The van der Waals surface area contributed by atoms with Crippen LogP contribution in [0.3, 0.4) is 0 Å². The van der Waals surface area contributed by atoms with Crippen LogP contribution in [0.15, 0.2) is 18.2 Å². The number of hydrogen-bond donors (Lipinski definition) is 1. The molecule has 0 bridgehead atoms. The number of ether oxygens (including phenoxy) is 1. The maximum absolute atomic E-state index is 5.41. The standard InChI is InChI=1S/C10H13NO/c1-8-2-3-10-9(6-8)7-12-5-4-11-10/h2-3,6,11H,4-5,7H2,1H3. The molecule has 2 rings (SSSR count). The van der Waals surface area contributed by atoms with Crippen molar-refractivity contribution in [3.63, 3.8) is 0 Å². The maximum atomic E-state index is 5.41. The molecule has 2 nitrogen and oxygen atoms in total. The van der Waals surface area contributed by atoms with Gasteiger partial charge in [0.1, 0.15) is 0 Å². The van der Waals surface area contributed by atoms with Gasteiger partial charge in [0.2, 0.25) is 0 Å². The summed E-state index contributed by atoms with van der Waals surface area (Å²) in [6.45, 7) is 4.55. The molecule has 0 amide bonds. The average molecular weight is 163 g/mol. The number of benzene rings is 1. The fourth-order valence-corrected chi connectivity index (χ4v) is 1.45. The molecule has 0 fully saturated rings. The summed E-state index contributed by atoms with van der Waals surface area (Å²) >= 11 is 0. The third-order valence-corrected chi connectivity index (χ3v) is 2.08. The van der Waals surface area contributed by atoms with Crippen molar-refractivity contribution in [2.24, 2.45) is 0 Å². The third kappa shape index (κ3) is 1.43. The Hall–Kier alpha value is -1.02. The summed E-state index contributed by atoms with van der Waals surface area (Å²) in [6, 6.07) is 6.42. The average Bonchev–Trinajstić information content (AvgIpc) is 2.28. The quantitative estimate of drug-likeness (QED) is 0.631. The first kappa shape index (κ1) is 7.62. The number of nitrogens with one attached hydrogen (secondary N) is 1. The molecule has 1 aliphatic heterocycles. The zero-order valence-electron chi connectivity index (χ0n) is 7.26. The van der Waals surface area contributed by atoms with E-state index in [1.165, 1.54) is 16.8 Å². The van der Waals surface area contributed by atoms with Gasteiger partial charge >= 0.3 is 0 Å². The van der Waals surface area contributed by atoms with Crippen LogP contribution >= 0.6 is 0 Å². The Balaban J connectivity index is 2.36. The lowest BCUT2D eigenvalue weighted by Crippen LogP contribution is -2.04. The van der Waals surface area contributed by atoms with Gasteiger partial charge in [-0.25, -0.2) is 0 Å². The molecule has 1 heterocycles. The van der Waals surface area contributed by atoms with Gasteiger partial charge in [-0.05, 0) is 13.0 Å². The van der Waals surface area contributed by atoms with E-state index in [4.69, 9.17) is 4.74 Å². The Morgan fingerprint density at radius 2 is 2.33 bits per heavy atom. The van der Waals surface area contributed by atoms with Crippen LogP contribution in [0.1, 0.15) is 11.1 Å². The van der Waals surface area contributed by atoms with Crippen LogP contribution in [0.4, 0.5) is 5.69 Å². The Morgan fingerprint density at radius 1 is 1.42 bits per heavy atom. The molecule has 0 spiro atoms. The molecule has 2 heteroatoms. The van der Waals surface area contributed by atoms with Crippen LogP contribution in [0, 0.1) is 6.92 Å². The first-order valence-electron chi connectivity index (χ1n) is 4.27. The van der Waals surface area contributed by atoms with Crippen molar-refractivity contribution >= 4 is 5.69 Å². The molecular weight excluding hydrogens is 150 g/mol. The minimum atomic E-state index is 0.740. The second kappa shape index (κ2) is 3.15. The van der Waals surface area contributed by atoms with Gasteiger partial charge in [0.15, 0.2) is 0 Å². The van der Waals surface area contributed by atoms with Gasteiger partial charge in [-0.2, -0.15) is 0 Å². The van der Waals surface area contributed by atoms with Crippen molar-refractivity contribution in [2.75, 3.05) is 18.5 Å². The van der Waals surface area contributed by atoms with E-state index in [1.54, 1.807) is 0 Å². The number of aryl methyl sites for hydroxylation is 1. The minimum absolute atomic E-state index is 0.740. The van der Waals surface area contributed by atoms with E-state index in [-0.39, 0.29) is 0 Å². The van der Waals surface area contributed by atoms with E-state index >= 15 is 0 Å². The molecule has 12 heavy (non-hydrogen) atoms. The van der Waals surface area contributed by atoms with Gasteiger partial charge in [0.05, 0.1) is 13.2 Å². The molecule has 0 radical (unpaired) electrons. The van der Waals surface area contributed by atoms with Crippen LogP contribution in [-0.4, -0.2) is 13.2 Å². The maximum Gasteiger partial charge on any atom is 0.0737 e. The molecule has 1 aromatic rings. The number of anilines is 1. The molecule has 0 aliphatic carbocycles. The fraction of sp³-hybridized carbons (Fsp3) is 0.400. The van der Waals surface area contributed by atoms with Crippen molar-refractivity contribution in [2.45, 2.75) is 13.5 Å². The predicted octanol–water partition coefficient (Wildman–Crippen LogP) is 1.94. The van der Waals surface area contributed by atoms with E-state index in [1.807, 2.05) is 0 Å². The fourth-order valence-electron chi connectivity index (χ4n) is 1.45. The topological polar surface area (TPSA) is 21.3 Å². The second-order valence-corrected chi connectivity index (χ2v) is 3.14. The summed E-state index contributed by atoms with van der Waals surface area (Å²) in [7, 11) is 0. The van der Waals surface area contributed by atoms with Crippen molar-refractivity contribution < 1.29 is 4.74 Å². The monoisotopic (exact) mass is 163 g/mol. The summed E-state index contributed by atoms with van der Waals surface area (Å²) in [5.74, 6) is 0. The molecular formula is C10H13NO. The normalized spacial score (nSPS) is 16.1. The largest absolute Gasteiger partial charge is 0.382 e. The van der Waals surface area contributed by atoms with Crippen molar-refractivity contribution in [1.82, 2.24) is 0 Å². The number of rotatable bonds is 0. The Morgan fingerprint density at radius 3 is 3.25 bits per heavy atom. The van der Waals surface area contributed by atoms with Crippen molar-refractivity contribution in [1.29, 1.82) is 0 Å². The van der Waals surface area contributed by atoms with Crippen LogP contribution in [0.5, 0.6) is 0 Å². The van der Waals surface area contributed by atoms with E-state index in [9.17, 15) is 0 Å². The molecule has 1 N–H and O–H groups in total. The van der Waals surface area contributed by atoms with Crippen molar-refractivity contribution in [3.05, 3.63) is 29.3 Å². The highest BCUT2D eigenvalue weighted by Gasteiger charge is 2.05. The van der Waals surface area contributed by atoms with Gasteiger partial charge in [-0.15, -0.1) is 0 Å². The minimum Gasteiger partial charge on any atom is -0.382 e. The Bertz CT molecular complexity index is 283. The molecule has 64 valence electrons. The molecule has 0 unspecified atom stereocenters. The first-order valence-corrected chi connectivity index (χ1v) is 4.27. The predicted molar refractivity (Wildman–Crippen MR) is 49.3 cm³/mol. The summed E-state index contributed by atoms with van der Waals surface area (Å²) in [5.41, 5.74) is 3.78. The molecule has 0 saturated carbocycles. The van der Waals surface area contributed by atoms with Gasteiger partial charge < -0.3 is 10.1 Å². The van der Waals surface area contributed by atoms with Gasteiger partial charge in [-0.1, -0.05) is 17.7 Å². The lowest BCUT2D eigenvalue weighted by molar-refractivity contribution is 0.134. The highest BCUT2D eigenvalue weighted by molar-refractivity contribution is 5.52. The van der Waals surface area contributed by atoms with Gasteiger partial charge in [0.25, 0.3) is 0 Å². The molecule has 0 saturated heterocycles. The lowest BCUT2D eigenvalue weighted by Gasteiger charge is -2.06. The van der Waals surface area contributed by atoms with Gasteiger partial charge in [0, 0.05) is 17.8 Å². The van der Waals surface area contributed by atoms with Crippen LogP contribution in [-0.2, 0) is 11.3 Å². The number of hydrogen-bond acceptors (Lipinski definition) is 2. The smallest absolute Gasteiger partial charge is 0.0737 e. The number of fused-ring (bicyclic) bond motifs is 1. The van der Waals surface area contributed by atoms with E-state index in [0.29, 0.717) is 0 Å². The van der Waals surface area contributed by atoms with Crippen LogP contribution < -0.4 is 5.32 Å². The summed E-state index contributed by atoms with van der Waals surface area (Å²) in [4.78, 5) is 0. The van der Waals surface area contributed by atoms with Gasteiger partial charge in [-0.3, -0.25) is 0 Å². The zero-order valence-corrected chi connectivity index (χ0v) is 7.26. The Labute approximate surface area is 72.5 Å². The lowest BCUT2D eigenvalue weighted by atomic mass is 10.1. The van der Waals surface area contributed by atoms with Crippen molar-refractivity contribution in [3.8, 4) is 0 Å². The van der Waals surface area contributed by atoms with Crippen LogP contribution in [0.2, 0.25) is 0 Å². The first-order chi connectivity index (χ1) is 5.86. The van der Waals surface area contributed by atoms with E-state index in [0.717, 1.165) is 19.8 Å². The highest BCUT2D eigenvalue weighted by Crippen LogP contribution is 2.19. The van der Waals surface area contributed by atoms with Crippen LogP contribution in [0.25, 0.3) is 0 Å². The molecule has 1 aromatic carbocycles. The summed E-state index contributed by atoms with van der Waals surface area (Å²) in [5, 5.41) is 3.33. The molecule has 0 atom stereocenters. The zero-order chi connectivity index (χ0) is 8.39. The van der Waals surface area contributed by atoms with E-state index < -0.39 is 0 Å². The third-order valence-electron chi connectivity index (χ3n) is 2.08. The Kier molecular flexibility index (Phi) is 2.00.